The summed E-state index contributed by atoms with van der Waals surface area (Å²) in [5.41, 5.74) is 3.22. The fourth-order valence-corrected chi connectivity index (χ4v) is 5.32. The molecule has 5 aromatic rings. The number of carboxylic acid groups (broad SMARTS) is 1. The lowest BCUT2D eigenvalue weighted by Crippen LogP contribution is -2.39. The first kappa shape index (κ1) is 27.5. The highest BCUT2D eigenvalue weighted by molar-refractivity contribution is 9.10. The molecule has 0 aliphatic heterocycles. The Morgan fingerprint density at radius 2 is 2.00 bits per heavy atom. The van der Waals surface area contributed by atoms with Gasteiger partial charge in [-0.3, -0.25) is 9.59 Å². The first-order valence-electron chi connectivity index (χ1n) is 12.6. The molecule has 5 rings (SSSR count). The van der Waals surface area contributed by atoms with Crippen LogP contribution in [-0.4, -0.2) is 53.2 Å². The monoisotopic (exact) mass is 625 g/mol. The Bertz CT molecular complexity index is 1700. The van der Waals surface area contributed by atoms with Gasteiger partial charge in [-0.05, 0) is 52.2 Å². The van der Waals surface area contributed by atoms with Crippen LogP contribution in [0.25, 0.3) is 33.7 Å². The van der Waals surface area contributed by atoms with Gasteiger partial charge in [-0.2, -0.15) is 5.21 Å². The average molecular weight is 627 g/mol. The SMILES string of the molecule is CCCCc1nc(Cl)c(C(=O)N[C@@H](C)C(=O)O)n1Cc1ccc2oc(-c3ccccc3-c3nn[nH]n3)c(Br)c2c1. The first-order valence-corrected chi connectivity index (χ1v) is 13.8. The molecule has 40 heavy (non-hydrogen) atoms. The molecule has 3 N–H and O–H groups in total. The zero-order valence-electron chi connectivity index (χ0n) is 21.6. The number of carbonyl (C=O) groups is 2. The average Bonchev–Trinajstić information content (AvgIpc) is 3.66. The minimum atomic E-state index is -1.14. The lowest BCUT2D eigenvalue weighted by molar-refractivity contribution is -0.138. The van der Waals surface area contributed by atoms with Crippen LogP contribution >= 0.6 is 27.5 Å². The molecule has 0 saturated carbocycles. The summed E-state index contributed by atoms with van der Waals surface area (Å²) in [6, 6.07) is 12.3. The topological polar surface area (TPSA) is 152 Å². The number of carboxylic acids is 1. The number of unbranched alkanes of at least 4 members (excludes halogenated alkanes) is 1. The maximum absolute atomic E-state index is 13.1. The van der Waals surface area contributed by atoms with Gasteiger partial charge in [0.2, 0.25) is 5.82 Å². The molecule has 13 heteroatoms. The summed E-state index contributed by atoms with van der Waals surface area (Å²) in [5.74, 6) is -0.0244. The van der Waals surface area contributed by atoms with Crippen molar-refractivity contribution in [1.82, 2.24) is 35.5 Å². The van der Waals surface area contributed by atoms with Crippen molar-refractivity contribution in [3.63, 3.8) is 0 Å². The number of H-pyrrole nitrogens is 1. The summed E-state index contributed by atoms with van der Waals surface area (Å²) in [6.45, 7) is 3.76. The molecule has 0 bridgehead atoms. The number of nitrogens with one attached hydrogen (secondary N) is 2. The summed E-state index contributed by atoms with van der Waals surface area (Å²) >= 11 is 10.1. The molecule has 0 aliphatic rings. The lowest BCUT2D eigenvalue weighted by atomic mass is 10.0. The van der Waals surface area contributed by atoms with Crippen LogP contribution in [0, 0.1) is 0 Å². The number of halogens is 2. The van der Waals surface area contributed by atoms with Crippen LogP contribution in [0.4, 0.5) is 0 Å². The van der Waals surface area contributed by atoms with Crippen molar-refractivity contribution >= 4 is 50.4 Å². The third-order valence-corrected chi connectivity index (χ3v) is 7.53. The maximum atomic E-state index is 13.1. The van der Waals surface area contributed by atoms with Gasteiger partial charge in [-0.25, -0.2) is 4.98 Å². The summed E-state index contributed by atoms with van der Waals surface area (Å²) in [5, 5.41) is 27.0. The molecule has 1 amide bonds. The molecular weight excluding hydrogens is 602 g/mol. The zero-order valence-corrected chi connectivity index (χ0v) is 24.0. The number of tetrazole rings is 1. The lowest BCUT2D eigenvalue weighted by Gasteiger charge is -2.14. The summed E-state index contributed by atoms with van der Waals surface area (Å²) < 4.78 is 8.75. The molecule has 0 spiro atoms. The molecule has 2 aromatic carbocycles. The highest BCUT2D eigenvalue weighted by atomic mass is 79.9. The maximum Gasteiger partial charge on any atom is 0.325 e. The zero-order chi connectivity index (χ0) is 28.4. The second-order valence-electron chi connectivity index (χ2n) is 9.25. The van der Waals surface area contributed by atoms with Gasteiger partial charge in [0, 0.05) is 29.5 Å². The number of aromatic amines is 1. The van der Waals surface area contributed by atoms with Gasteiger partial charge in [0.25, 0.3) is 5.91 Å². The third kappa shape index (κ3) is 5.36. The summed E-state index contributed by atoms with van der Waals surface area (Å²) in [7, 11) is 0. The fraction of sp³-hybridized carbons (Fsp3) is 0.259. The Hall–Kier alpha value is -4.03. The largest absolute Gasteiger partial charge is 0.480 e. The Balaban J connectivity index is 1.54. The number of nitrogens with zero attached hydrogens (tertiary/aromatic N) is 5. The van der Waals surface area contributed by atoms with E-state index in [4.69, 9.17) is 16.0 Å². The van der Waals surface area contributed by atoms with E-state index in [1.165, 1.54) is 6.92 Å². The number of benzene rings is 2. The number of fused-ring (bicyclic) bond motifs is 1. The normalized spacial score (nSPS) is 12.1. The number of aliphatic carboxylic acids is 1. The Morgan fingerprint density at radius 1 is 1.23 bits per heavy atom. The molecule has 1 atom stereocenters. The number of carbonyl (C=O) groups excluding carboxylic acids is 1. The van der Waals surface area contributed by atoms with Crippen LogP contribution in [0.2, 0.25) is 5.15 Å². The van der Waals surface area contributed by atoms with Gasteiger partial charge >= 0.3 is 5.97 Å². The van der Waals surface area contributed by atoms with E-state index in [0.29, 0.717) is 36.0 Å². The Kier molecular flexibility index (Phi) is 7.99. The standard InChI is InChI=1S/C27H25BrClN7O4/c1-3-4-9-20-31-24(29)22(26(37)30-14(2)27(38)39)36(20)13-15-10-11-19-18(12-15)21(28)23(40-19)16-7-5-6-8-17(16)25-32-34-35-33-25/h5-8,10-12,14H,3-4,9,13H2,1-2H3,(H,30,37)(H,38,39)(H,32,33,34,35)/t14-/m0/s1. The van der Waals surface area contributed by atoms with E-state index in [9.17, 15) is 14.7 Å². The number of hydrogen-bond acceptors (Lipinski definition) is 7. The van der Waals surface area contributed by atoms with Gasteiger partial charge in [-0.1, -0.05) is 55.3 Å². The van der Waals surface area contributed by atoms with Crippen molar-refractivity contribution in [3.05, 3.63) is 69.2 Å². The Morgan fingerprint density at radius 3 is 2.70 bits per heavy atom. The van der Waals surface area contributed by atoms with Crippen LogP contribution < -0.4 is 5.32 Å². The number of rotatable bonds is 10. The Labute approximate surface area is 242 Å². The van der Waals surface area contributed by atoms with E-state index in [2.05, 4.69) is 53.8 Å². The van der Waals surface area contributed by atoms with Crippen molar-refractivity contribution in [2.75, 3.05) is 0 Å². The van der Waals surface area contributed by atoms with Crippen molar-refractivity contribution in [2.45, 2.75) is 45.7 Å². The molecular formula is C27H25BrClN7O4. The van der Waals surface area contributed by atoms with Crippen molar-refractivity contribution in [3.8, 4) is 22.7 Å². The van der Waals surface area contributed by atoms with E-state index < -0.39 is 17.9 Å². The molecule has 3 aromatic heterocycles. The van der Waals surface area contributed by atoms with E-state index in [1.807, 2.05) is 42.5 Å². The number of imidazole rings is 1. The molecule has 206 valence electrons. The third-order valence-electron chi connectivity index (χ3n) is 6.48. The molecule has 3 heterocycles. The van der Waals surface area contributed by atoms with Crippen molar-refractivity contribution < 1.29 is 19.1 Å². The highest BCUT2D eigenvalue weighted by Gasteiger charge is 2.25. The van der Waals surface area contributed by atoms with E-state index in [1.54, 1.807) is 4.57 Å². The molecule has 0 unspecified atom stereocenters. The molecule has 0 aliphatic carbocycles. The van der Waals surface area contributed by atoms with Crippen LogP contribution in [0.5, 0.6) is 0 Å². The van der Waals surface area contributed by atoms with Gasteiger partial charge in [0.1, 0.15) is 28.9 Å². The molecule has 11 nitrogen and oxygen atoms in total. The predicted octanol–water partition coefficient (Wildman–Crippen LogP) is 5.49. The number of hydrogen-bond donors (Lipinski definition) is 3. The van der Waals surface area contributed by atoms with E-state index in [0.717, 1.165) is 39.4 Å². The van der Waals surface area contributed by atoms with Gasteiger partial charge < -0.3 is 19.4 Å². The minimum absolute atomic E-state index is 0.0344. The van der Waals surface area contributed by atoms with Crippen LogP contribution in [0.1, 0.15) is 48.6 Å². The minimum Gasteiger partial charge on any atom is -0.480 e. The second-order valence-corrected chi connectivity index (χ2v) is 10.4. The smallest absolute Gasteiger partial charge is 0.325 e. The number of aromatic nitrogens is 6. The number of aryl methyl sites for hydroxylation is 1. The quantitative estimate of drug-likeness (QED) is 0.184. The van der Waals surface area contributed by atoms with Gasteiger partial charge in [0.15, 0.2) is 5.15 Å². The summed E-state index contributed by atoms with van der Waals surface area (Å²) in [6.07, 6.45) is 2.41. The highest BCUT2D eigenvalue weighted by Crippen LogP contribution is 2.41. The van der Waals surface area contributed by atoms with E-state index in [-0.39, 0.29) is 10.8 Å². The van der Waals surface area contributed by atoms with Crippen molar-refractivity contribution in [1.29, 1.82) is 0 Å². The van der Waals surface area contributed by atoms with Gasteiger partial charge in [-0.15, -0.1) is 10.2 Å². The van der Waals surface area contributed by atoms with Gasteiger partial charge in [0.05, 0.1) is 4.47 Å². The number of amides is 1. The van der Waals surface area contributed by atoms with E-state index >= 15 is 0 Å². The number of furan rings is 1. The van der Waals surface area contributed by atoms with Crippen LogP contribution in [0.15, 0.2) is 51.4 Å². The van der Waals surface area contributed by atoms with Crippen molar-refractivity contribution in [2.24, 2.45) is 0 Å². The predicted molar refractivity (Wildman–Crippen MR) is 152 cm³/mol. The molecule has 0 fully saturated rings. The molecule has 0 radical (unpaired) electrons. The van der Waals surface area contributed by atoms with Crippen LogP contribution in [0.3, 0.4) is 0 Å². The molecule has 0 saturated heterocycles. The second kappa shape index (κ2) is 11.6. The van der Waals surface area contributed by atoms with Crippen LogP contribution in [-0.2, 0) is 17.8 Å². The first-order chi connectivity index (χ1) is 19.3. The summed E-state index contributed by atoms with van der Waals surface area (Å²) in [4.78, 5) is 28.9. The fourth-order valence-electron chi connectivity index (χ4n) is 4.43.